The minimum atomic E-state index is -0.304. The van der Waals surface area contributed by atoms with Crippen molar-refractivity contribution in [1.82, 2.24) is 14.5 Å². The molecule has 4 rings (SSSR count). The van der Waals surface area contributed by atoms with Gasteiger partial charge >= 0.3 is 0 Å². The Hall–Kier alpha value is -3.00. The molecule has 0 aliphatic carbocycles. The Morgan fingerprint density at radius 2 is 1.97 bits per heavy atom. The van der Waals surface area contributed by atoms with Gasteiger partial charge in [0, 0.05) is 18.8 Å². The normalized spacial score (nSPS) is 16.4. The molecule has 0 spiro atoms. The van der Waals surface area contributed by atoms with E-state index in [0.29, 0.717) is 38.2 Å². The van der Waals surface area contributed by atoms with Crippen LogP contribution in [0.2, 0.25) is 0 Å². The van der Waals surface area contributed by atoms with Crippen molar-refractivity contribution in [1.29, 1.82) is 0 Å². The van der Waals surface area contributed by atoms with Crippen LogP contribution in [0.1, 0.15) is 60.3 Å². The van der Waals surface area contributed by atoms with Gasteiger partial charge in [-0.3, -0.25) is 19.0 Å². The third-order valence-corrected chi connectivity index (χ3v) is 7.42. The maximum atomic E-state index is 13.1. The fraction of sp³-hybridized carbons (Fsp3) is 0.440. The summed E-state index contributed by atoms with van der Waals surface area (Å²) in [6, 6.07) is 7.69. The summed E-state index contributed by atoms with van der Waals surface area (Å²) in [6.45, 7) is 9.51. The highest BCUT2D eigenvalue weighted by molar-refractivity contribution is 7.20. The molecule has 1 N–H and O–H groups in total. The fourth-order valence-corrected chi connectivity index (χ4v) is 5.41. The summed E-state index contributed by atoms with van der Waals surface area (Å²) in [7, 11) is 0. The van der Waals surface area contributed by atoms with Crippen LogP contribution in [0.15, 0.2) is 35.4 Å². The largest absolute Gasteiger partial charge is 0.338 e. The van der Waals surface area contributed by atoms with Crippen LogP contribution >= 0.6 is 11.3 Å². The number of rotatable bonds is 5. The van der Waals surface area contributed by atoms with Gasteiger partial charge in [0.1, 0.15) is 11.4 Å². The Bertz CT molecular complexity index is 1240. The fourth-order valence-electron chi connectivity index (χ4n) is 4.30. The first-order valence-electron chi connectivity index (χ1n) is 11.4. The van der Waals surface area contributed by atoms with E-state index in [2.05, 4.69) is 31.1 Å². The van der Waals surface area contributed by atoms with Gasteiger partial charge in [0.2, 0.25) is 5.91 Å². The molecule has 1 saturated heterocycles. The van der Waals surface area contributed by atoms with Crippen molar-refractivity contribution < 1.29 is 9.59 Å². The Morgan fingerprint density at radius 1 is 1.24 bits per heavy atom. The second kappa shape index (κ2) is 9.47. The Labute approximate surface area is 197 Å². The molecule has 3 heterocycles. The van der Waals surface area contributed by atoms with Crippen LogP contribution in [0.25, 0.3) is 10.2 Å². The molecule has 1 aliphatic rings. The highest BCUT2D eigenvalue weighted by atomic mass is 32.1. The highest BCUT2D eigenvalue weighted by Gasteiger charge is 2.26. The second-order valence-electron chi connectivity index (χ2n) is 9.24. The minimum Gasteiger partial charge on any atom is -0.338 e. The van der Waals surface area contributed by atoms with E-state index in [1.807, 2.05) is 29.2 Å². The van der Waals surface area contributed by atoms with Gasteiger partial charge in [-0.1, -0.05) is 32.9 Å². The van der Waals surface area contributed by atoms with E-state index in [-0.39, 0.29) is 23.9 Å². The molecule has 3 aromatic rings. The number of nitrogens with zero attached hydrogens (tertiary/aromatic N) is 3. The summed E-state index contributed by atoms with van der Waals surface area (Å²) in [5.41, 5.74) is 2.22. The Balaban J connectivity index is 1.54. The second-order valence-corrected chi connectivity index (χ2v) is 10.2. The zero-order valence-corrected chi connectivity index (χ0v) is 20.4. The number of amides is 2. The van der Waals surface area contributed by atoms with Gasteiger partial charge in [0.25, 0.3) is 11.5 Å². The molecular formula is C25H30N4O3S. The van der Waals surface area contributed by atoms with Crippen molar-refractivity contribution in [3.8, 4) is 0 Å². The predicted molar refractivity (Wildman–Crippen MR) is 132 cm³/mol. The number of carbonyl (C=O) groups is 2. The molecule has 1 fully saturated rings. The number of aromatic nitrogens is 2. The topological polar surface area (TPSA) is 84.3 Å². The van der Waals surface area contributed by atoms with E-state index < -0.39 is 0 Å². The number of hydrogen-bond donors (Lipinski definition) is 1. The standard InChI is InChI=1S/C25H30N4O3S/c1-15(2)18-7-9-19(10-8-18)27-20(30)13-29-14-26-23-21(24(29)31)17(4)22(33-23)25(32)28-11-5-6-16(3)12-28/h7-10,14-16H,5-6,11-13H2,1-4H3,(H,27,30). The van der Waals surface area contributed by atoms with Crippen LogP contribution in [0.3, 0.4) is 0 Å². The van der Waals surface area contributed by atoms with Gasteiger partial charge in [-0.15, -0.1) is 11.3 Å². The van der Waals surface area contributed by atoms with Crippen molar-refractivity contribution in [3.63, 3.8) is 0 Å². The Morgan fingerprint density at radius 3 is 2.64 bits per heavy atom. The van der Waals surface area contributed by atoms with Crippen molar-refractivity contribution >= 4 is 39.1 Å². The first-order chi connectivity index (χ1) is 15.7. The van der Waals surface area contributed by atoms with Crippen LogP contribution in [-0.4, -0.2) is 39.4 Å². The lowest BCUT2D eigenvalue weighted by molar-refractivity contribution is -0.116. The van der Waals surface area contributed by atoms with Gasteiger partial charge in [-0.25, -0.2) is 4.98 Å². The number of aryl methyl sites for hydroxylation is 1. The highest BCUT2D eigenvalue weighted by Crippen LogP contribution is 2.29. The molecule has 1 unspecified atom stereocenters. The molecule has 1 atom stereocenters. The van der Waals surface area contributed by atoms with Crippen molar-refractivity contribution in [2.45, 2.75) is 53.0 Å². The van der Waals surface area contributed by atoms with Gasteiger partial charge in [-0.2, -0.15) is 0 Å². The van der Waals surface area contributed by atoms with Crippen LogP contribution < -0.4 is 10.9 Å². The van der Waals surface area contributed by atoms with E-state index >= 15 is 0 Å². The van der Waals surface area contributed by atoms with Crippen molar-refractivity contribution in [2.24, 2.45) is 5.92 Å². The number of thiophene rings is 1. The molecular weight excluding hydrogens is 436 g/mol. The molecule has 8 heteroatoms. The number of anilines is 1. The van der Waals surface area contributed by atoms with Gasteiger partial charge in [0.15, 0.2) is 0 Å². The quantitative estimate of drug-likeness (QED) is 0.604. The summed E-state index contributed by atoms with van der Waals surface area (Å²) in [5, 5.41) is 3.25. The van der Waals surface area contributed by atoms with Crippen molar-refractivity contribution in [2.75, 3.05) is 18.4 Å². The number of hydrogen-bond acceptors (Lipinski definition) is 5. The molecule has 0 saturated carbocycles. The first kappa shape index (κ1) is 23.2. The molecule has 2 amide bonds. The number of carbonyl (C=O) groups excluding carboxylic acids is 2. The first-order valence-corrected chi connectivity index (χ1v) is 12.2. The van der Waals surface area contributed by atoms with E-state index in [1.54, 1.807) is 6.92 Å². The molecule has 0 radical (unpaired) electrons. The zero-order chi connectivity index (χ0) is 23.7. The molecule has 2 aromatic heterocycles. The Kier molecular flexibility index (Phi) is 6.65. The molecule has 1 aliphatic heterocycles. The van der Waals surface area contributed by atoms with Gasteiger partial charge in [0.05, 0.1) is 16.6 Å². The lowest BCUT2D eigenvalue weighted by Gasteiger charge is -2.30. The average molecular weight is 467 g/mol. The third-order valence-electron chi connectivity index (χ3n) is 6.23. The smallest absolute Gasteiger partial charge is 0.264 e. The van der Waals surface area contributed by atoms with Crippen LogP contribution in [-0.2, 0) is 11.3 Å². The molecule has 0 bridgehead atoms. The maximum absolute atomic E-state index is 13.1. The lowest BCUT2D eigenvalue weighted by atomic mass is 10.00. The molecule has 1 aromatic carbocycles. The summed E-state index contributed by atoms with van der Waals surface area (Å²) in [4.78, 5) is 46.2. The molecule has 33 heavy (non-hydrogen) atoms. The zero-order valence-electron chi connectivity index (χ0n) is 19.6. The van der Waals surface area contributed by atoms with E-state index in [0.717, 1.165) is 25.9 Å². The monoisotopic (exact) mass is 466 g/mol. The molecule has 7 nitrogen and oxygen atoms in total. The lowest BCUT2D eigenvalue weighted by Crippen LogP contribution is -2.39. The average Bonchev–Trinajstić information content (AvgIpc) is 3.12. The third kappa shape index (κ3) is 4.85. The van der Waals surface area contributed by atoms with Crippen molar-refractivity contribution in [3.05, 3.63) is 57.0 Å². The predicted octanol–water partition coefficient (Wildman–Crippen LogP) is 4.40. The van der Waals surface area contributed by atoms with E-state index in [1.165, 1.54) is 27.8 Å². The van der Waals surface area contributed by atoms with Gasteiger partial charge in [-0.05, 0) is 54.9 Å². The number of benzene rings is 1. The van der Waals surface area contributed by atoms with Crippen LogP contribution in [0, 0.1) is 12.8 Å². The summed E-state index contributed by atoms with van der Waals surface area (Å²) in [5.74, 6) is 0.556. The minimum absolute atomic E-state index is 0.0319. The number of nitrogens with one attached hydrogen (secondary N) is 1. The number of likely N-dealkylation sites (tertiary alicyclic amines) is 1. The summed E-state index contributed by atoms with van der Waals surface area (Å²) in [6.07, 6.45) is 3.52. The van der Waals surface area contributed by atoms with E-state index in [9.17, 15) is 14.4 Å². The number of fused-ring (bicyclic) bond motifs is 1. The van der Waals surface area contributed by atoms with Crippen LogP contribution in [0.5, 0.6) is 0 Å². The van der Waals surface area contributed by atoms with E-state index in [4.69, 9.17) is 0 Å². The number of piperidine rings is 1. The summed E-state index contributed by atoms with van der Waals surface area (Å²) >= 11 is 1.26. The van der Waals surface area contributed by atoms with Gasteiger partial charge < -0.3 is 10.2 Å². The maximum Gasteiger partial charge on any atom is 0.264 e. The summed E-state index contributed by atoms with van der Waals surface area (Å²) < 4.78 is 1.30. The SMILES string of the molecule is Cc1c(C(=O)N2CCCC(C)C2)sc2ncn(CC(=O)Nc3ccc(C(C)C)cc3)c(=O)c12. The molecule has 174 valence electrons. The van der Waals surface area contributed by atoms with Crippen LogP contribution in [0.4, 0.5) is 5.69 Å².